The third kappa shape index (κ3) is 4.29. The standard InChI is InChI=1S/C16H17BrN6/c17-12-4-5-15-22-14(11-23(15)10-12)9-21-16(18)20-8-6-13-3-1-2-7-19-13/h1-5,7,10-11H,6,8-9H2,(H3,18,20,21). The quantitative estimate of drug-likeness (QED) is 0.531. The molecule has 0 amide bonds. The maximum atomic E-state index is 5.88. The predicted molar refractivity (Wildman–Crippen MR) is 94.2 cm³/mol. The summed E-state index contributed by atoms with van der Waals surface area (Å²) in [6, 6.07) is 9.78. The normalized spacial score (nSPS) is 11.8. The number of hydrogen-bond acceptors (Lipinski definition) is 3. The molecule has 0 saturated carbocycles. The van der Waals surface area contributed by atoms with Gasteiger partial charge >= 0.3 is 0 Å². The summed E-state index contributed by atoms with van der Waals surface area (Å²) in [5.74, 6) is 0.416. The molecule has 0 bridgehead atoms. The second-order valence-corrected chi connectivity index (χ2v) is 5.96. The third-order valence-corrected chi connectivity index (χ3v) is 3.76. The number of imidazole rings is 1. The largest absolute Gasteiger partial charge is 0.370 e. The molecule has 3 heterocycles. The van der Waals surface area contributed by atoms with Crippen molar-refractivity contribution in [2.45, 2.75) is 13.0 Å². The van der Waals surface area contributed by atoms with Crippen LogP contribution in [0.1, 0.15) is 11.4 Å². The number of hydrogen-bond donors (Lipinski definition) is 2. The molecule has 6 nitrogen and oxygen atoms in total. The van der Waals surface area contributed by atoms with E-state index >= 15 is 0 Å². The summed E-state index contributed by atoms with van der Waals surface area (Å²) >= 11 is 3.44. The van der Waals surface area contributed by atoms with Crippen LogP contribution in [0, 0.1) is 0 Å². The number of nitrogens with zero attached hydrogens (tertiary/aromatic N) is 4. The number of halogens is 1. The molecule has 0 atom stereocenters. The zero-order chi connectivity index (χ0) is 16.1. The highest BCUT2D eigenvalue weighted by atomic mass is 79.9. The Morgan fingerprint density at radius 3 is 2.96 bits per heavy atom. The van der Waals surface area contributed by atoms with Crippen molar-refractivity contribution >= 4 is 27.5 Å². The van der Waals surface area contributed by atoms with Crippen LogP contribution in [-0.2, 0) is 13.0 Å². The molecule has 0 radical (unpaired) electrons. The molecule has 0 spiro atoms. The summed E-state index contributed by atoms with van der Waals surface area (Å²) in [5.41, 5.74) is 8.67. The van der Waals surface area contributed by atoms with E-state index in [1.165, 1.54) is 0 Å². The molecule has 0 unspecified atom stereocenters. The lowest BCUT2D eigenvalue weighted by molar-refractivity contribution is 0.826. The van der Waals surface area contributed by atoms with Gasteiger partial charge in [0.15, 0.2) is 5.96 Å². The van der Waals surface area contributed by atoms with E-state index in [9.17, 15) is 0 Å². The summed E-state index contributed by atoms with van der Waals surface area (Å²) in [7, 11) is 0. The van der Waals surface area contributed by atoms with Crippen molar-refractivity contribution in [1.82, 2.24) is 19.7 Å². The van der Waals surface area contributed by atoms with E-state index < -0.39 is 0 Å². The molecule has 0 aliphatic heterocycles. The Labute approximate surface area is 142 Å². The summed E-state index contributed by atoms with van der Waals surface area (Å²) in [6.45, 7) is 1.15. The van der Waals surface area contributed by atoms with Crippen molar-refractivity contribution in [2.24, 2.45) is 10.7 Å². The molecule has 0 fully saturated rings. The van der Waals surface area contributed by atoms with Crippen LogP contribution in [0.3, 0.4) is 0 Å². The first-order valence-electron chi connectivity index (χ1n) is 7.27. The van der Waals surface area contributed by atoms with Crippen LogP contribution in [0.25, 0.3) is 5.65 Å². The van der Waals surface area contributed by atoms with Gasteiger partial charge in [0.25, 0.3) is 0 Å². The van der Waals surface area contributed by atoms with Crippen LogP contribution in [0.5, 0.6) is 0 Å². The summed E-state index contributed by atoms with van der Waals surface area (Å²) in [5, 5.41) is 3.09. The van der Waals surface area contributed by atoms with Gasteiger partial charge in [0.2, 0.25) is 0 Å². The van der Waals surface area contributed by atoms with Crippen molar-refractivity contribution in [3.8, 4) is 0 Å². The van der Waals surface area contributed by atoms with E-state index in [4.69, 9.17) is 5.73 Å². The fourth-order valence-corrected chi connectivity index (χ4v) is 2.53. The Morgan fingerprint density at radius 2 is 2.13 bits per heavy atom. The van der Waals surface area contributed by atoms with Gasteiger partial charge in [0.05, 0.1) is 12.2 Å². The number of guanidine groups is 1. The van der Waals surface area contributed by atoms with Crippen LogP contribution in [0.15, 0.2) is 58.4 Å². The number of rotatable bonds is 5. The van der Waals surface area contributed by atoms with Crippen molar-refractivity contribution < 1.29 is 0 Å². The predicted octanol–water partition coefficient (Wildman–Crippen LogP) is 2.14. The van der Waals surface area contributed by atoms with Crippen molar-refractivity contribution in [1.29, 1.82) is 0 Å². The molecule has 3 rings (SSSR count). The molecule has 0 saturated heterocycles. The number of fused-ring (bicyclic) bond motifs is 1. The molecular formula is C16H17BrN6. The lowest BCUT2D eigenvalue weighted by Gasteiger charge is -2.04. The summed E-state index contributed by atoms with van der Waals surface area (Å²) in [4.78, 5) is 13.1. The minimum atomic E-state index is 0.416. The van der Waals surface area contributed by atoms with E-state index in [-0.39, 0.29) is 0 Å². The molecule has 118 valence electrons. The topological polar surface area (TPSA) is 80.6 Å². The first kappa shape index (κ1) is 15.5. The molecule has 0 aliphatic carbocycles. The van der Waals surface area contributed by atoms with Crippen molar-refractivity contribution in [3.63, 3.8) is 0 Å². The Bertz CT molecular complexity index is 812. The van der Waals surface area contributed by atoms with E-state index in [2.05, 4.69) is 36.2 Å². The van der Waals surface area contributed by atoms with E-state index in [0.29, 0.717) is 19.0 Å². The fraction of sp³-hybridized carbons (Fsp3) is 0.188. The van der Waals surface area contributed by atoms with Crippen LogP contribution in [-0.4, -0.2) is 26.9 Å². The van der Waals surface area contributed by atoms with Gasteiger partial charge in [-0.15, -0.1) is 0 Å². The Hall–Kier alpha value is -2.41. The zero-order valence-electron chi connectivity index (χ0n) is 12.5. The maximum absolute atomic E-state index is 5.88. The van der Waals surface area contributed by atoms with E-state index in [0.717, 1.165) is 27.9 Å². The van der Waals surface area contributed by atoms with Crippen LogP contribution in [0.4, 0.5) is 0 Å². The molecule has 23 heavy (non-hydrogen) atoms. The fourth-order valence-electron chi connectivity index (χ4n) is 2.18. The second-order valence-electron chi connectivity index (χ2n) is 5.04. The van der Waals surface area contributed by atoms with Crippen molar-refractivity contribution in [2.75, 3.05) is 6.54 Å². The SMILES string of the molecule is NC(=NCc1cn2cc(Br)ccc2n1)NCCc1ccccn1. The number of aromatic nitrogens is 3. The van der Waals surface area contributed by atoms with Gasteiger partial charge in [-0.2, -0.15) is 0 Å². The summed E-state index contributed by atoms with van der Waals surface area (Å²) < 4.78 is 2.97. The Kier molecular flexibility index (Phi) is 4.87. The van der Waals surface area contributed by atoms with E-state index in [1.54, 1.807) is 6.20 Å². The smallest absolute Gasteiger partial charge is 0.188 e. The molecule has 0 aromatic carbocycles. The second kappa shape index (κ2) is 7.23. The van der Waals surface area contributed by atoms with Gasteiger partial charge in [-0.1, -0.05) is 6.07 Å². The van der Waals surface area contributed by atoms with Gasteiger partial charge in [-0.3, -0.25) is 4.98 Å². The number of pyridine rings is 2. The number of aliphatic imine (C=N–C) groups is 1. The van der Waals surface area contributed by atoms with Crippen molar-refractivity contribution in [3.05, 3.63) is 64.8 Å². The maximum Gasteiger partial charge on any atom is 0.188 e. The minimum absolute atomic E-state index is 0.416. The Balaban J connectivity index is 1.53. The Morgan fingerprint density at radius 1 is 1.22 bits per heavy atom. The molecule has 3 aromatic heterocycles. The minimum Gasteiger partial charge on any atom is -0.370 e. The highest BCUT2D eigenvalue weighted by Gasteiger charge is 2.02. The highest BCUT2D eigenvalue weighted by Crippen LogP contribution is 2.12. The van der Waals surface area contributed by atoms with Gasteiger partial charge in [-0.05, 0) is 40.2 Å². The van der Waals surface area contributed by atoms with Gasteiger partial charge in [-0.25, -0.2) is 9.98 Å². The number of nitrogens with one attached hydrogen (secondary N) is 1. The monoisotopic (exact) mass is 372 g/mol. The van der Waals surface area contributed by atoms with Gasteiger partial charge < -0.3 is 15.5 Å². The first-order chi connectivity index (χ1) is 11.2. The lowest BCUT2D eigenvalue weighted by atomic mass is 10.3. The zero-order valence-corrected chi connectivity index (χ0v) is 14.1. The van der Waals surface area contributed by atoms with Crippen LogP contribution in [0.2, 0.25) is 0 Å². The van der Waals surface area contributed by atoms with Gasteiger partial charge in [0, 0.05) is 41.7 Å². The van der Waals surface area contributed by atoms with Crippen LogP contribution >= 0.6 is 15.9 Å². The first-order valence-corrected chi connectivity index (χ1v) is 8.07. The third-order valence-electron chi connectivity index (χ3n) is 3.29. The molecule has 7 heteroatoms. The molecule has 3 aromatic rings. The van der Waals surface area contributed by atoms with Gasteiger partial charge in [0.1, 0.15) is 5.65 Å². The molecular weight excluding hydrogens is 356 g/mol. The summed E-state index contributed by atoms with van der Waals surface area (Å²) in [6.07, 6.45) is 6.50. The molecule has 3 N–H and O–H groups in total. The number of nitrogens with two attached hydrogens (primary N) is 1. The van der Waals surface area contributed by atoms with E-state index in [1.807, 2.05) is 47.1 Å². The highest BCUT2D eigenvalue weighted by molar-refractivity contribution is 9.10. The lowest BCUT2D eigenvalue weighted by Crippen LogP contribution is -2.33. The molecule has 0 aliphatic rings. The average Bonchev–Trinajstić information content (AvgIpc) is 2.96. The average molecular weight is 373 g/mol. The van der Waals surface area contributed by atoms with Crippen LogP contribution < -0.4 is 11.1 Å².